The Morgan fingerprint density at radius 3 is 2.37 bits per heavy atom. The number of cyclic esters (lactones) is 1. The van der Waals surface area contributed by atoms with Gasteiger partial charge in [0.1, 0.15) is 24.8 Å². The van der Waals surface area contributed by atoms with Crippen LogP contribution >= 0.6 is 0 Å². The summed E-state index contributed by atoms with van der Waals surface area (Å²) < 4.78 is 27.7. The van der Waals surface area contributed by atoms with Crippen molar-refractivity contribution < 1.29 is 62.1 Å². The molecule has 4 aliphatic rings. The average Bonchev–Trinajstić information content (AvgIpc) is 3.97. The summed E-state index contributed by atoms with van der Waals surface area (Å²) in [5, 5.41) is 20.2. The van der Waals surface area contributed by atoms with Crippen LogP contribution in [0.5, 0.6) is 0 Å². The molecule has 2 aromatic heterocycles. The number of Topliss-reactive ketones (excluding diaryl/α,β-unsaturated/α-hetero) is 3. The minimum atomic E-state index is -2.04. The molecule has 0 fully saturated rings. The third kappa shape index (κ3) is 11.9. The van der Waals surface area contributed by atoms with Crippen molar-refractivity contribution in [1.82, 2.24) is 30.4 Å². The highest BCUT2D eigenvalue weighted by Crippen LogP contribution is 2.46. The van der Waals surface area contributed by atoms with Crippen LogP contribution in [0.3, 0.4) is 0 Å². The van der Waals surface area contributed by atoms with Gasteiger partial charge in [-0.1, -0.05) is 43.7 Å². The fourth-order valence-electron chi connectivity index (χ4n) is 10.3. The molecule has 5 heterocycles. The van der Waals surface area contributed by atoms with Crippen LogP contribution in [-0.2, 0) is 84.2 Å². The number of amides is 5. The minimum Gasteiger partial charge on any atom is -0.458 e. The van der Waals surface area contributed by atoms with Crippen molar-refractivity contribution in [3.63, 3.8) is 0 Å². The number of imide groups is 1. The monoisotopic (exact) mass is 1030 g/mol. The van der Waals surface area contributed by atoms with Crippen molar-refractivity contribution in [2.24, 2.45) is 5.92 Å². The van der Waals surface area contributed by atoms with Crippen LogP contribution in [0, 0.1) is 18.7 Å². The molecular weight excluding hydrogens is 972 g/mol. The Labute approximate surface area is 430 Å². The van der Waals surface area contributed by atoms with Crippen LogP contribution in [0.4, 0.5) is 4.39 Å². The van der Waals surface area contributed by atoms with Gasteiger partial charge in [-0.3, -0.25) is 48.1 Å². The van der Waals surface area contributed by atoms with E-state index in [1.807, 2.05) is 6.07 Å². The van der Waals surface area contributed by atoms with Gasteiger partial charge in [-0.2, -0.15) is 0 Å². The molecule has 75 heavy (non-hydrogen) atoms. The van der Waals surface area contributed by atoms with Crippen molar-refractivity contribution in [2.75, 3.05) is 32.8 Å². The first-order chi connectivity index (χ1) is 36.0. The van der Waals surface area contributed by atoms with Crippen molar-refractivity contribution in [3.8, 4) is 11.4 Å². The van der Waals surface area contributed by atoms with E-state index in [4.69, 9.17) is 14.5 Å². The van der Waals surface area contributed by atoms with Gasteiger partial charge in [-0.05, 0) is 73.8 Å². The Bertz CT molecular complexity index is 3080. The predicted octanol–water partition coefficient (Wildman–Crippen LogP) is 3.49. The molecule has 1 aliphatic carbocycles. The van der Waals surface area contributed by atoms with E-state index < -0.39 is 70.8 Å². The number of nitrogens with zero attached hydrogens (tertiary/aromatic N) is 3. The first kappa shape index (κ1) is 53.7. The van der Waals surface area contributed by atoms with Gasteiger partial charge in [-0.15, -0.1) is 0 Å². The van der Waals surface area contributed by atoms with Crippen molar-refractivity contribution >= 4 is 63.8 Å². The number of fused-ring (bicyclic) bond motifs is 5. The molecule has 0 bridgehead atoms. The van der Waals surface area contributed by atoms with E-state index in [2.05, 4.69) is 16.0 Å². The Morgan fingerprint density at radius 1 is 0.880 bits per heavy atom. The first-order valence-corrected chi connectivity index (χ1v) is 25.3. The highest BCUT2D eigenvalue weighted by atomic mass is 19.1. The molecule has 5 amide bonds. The van der Waals surface area contributed by atoms with Crippen LogP contribution < -0.4 is 21.5 Å². The summed E-state index contributed by atoms with van der Waals surface area (Å²) >= 11 is 0. The average molecular weight is 1030 g/mol. The maximum Gasteiger partial charge on any atom is 0.343 e. The number of hydrogen-bond acceptors (Lipinski definition) is 14. The Kier molecular flexibility index (Phi) is 16.7. The van der Waals surface area contributed by atoms with Crippen LogP contribution in [0.2, 0.25) is 0 Å². The second-order valence-electron chi connectivity index (χ2n) is 19.4. The first-order valence-electron chi connectivity index (χ1n) is 25.3. The van der Waals surface area contributed by atoms with Gasteiger partial charge in [0.25, 0.3) is 17.4 Å². The van der Waals surface area contributed by atoms with Crippen LogP contribution in [0.25, 0.3) is 22.3 Å². The molecule has 4 N–H and O–H groups in total. The zero-order valence-corrected chi connectivity index (χ0v) is 41.9. The molecular formula is C55H59FN6O13. The largest absolute Gasteiger partial charge is 0.458 e. The van der Waals surface area contributed by atoms with Gasteiger partial charge in [-0.25, -0.2) is 14.2 Å². The second kappa shape index (κ2) is 23.3. The standard InChI is InChI=1S/C55H59FN6O13/c1-3-55(73)40-24-44-51-38(28-62(44)53(71)39(40)29-75-54(55)72)50-42(15-14-37-31(2)41(56)25-43(60-51)49(37)50)59-46(67)30-74-21-19-35(64)26-58-52(70)33(22-32-10-6-4-7-11-32)23-36(65)27-57-45(66)16-13-34(63)12-8-5-9-20-61-47(68)17-18-48(61)69/h4,6-7,10-11,17-18,24-25,33,42,73H,3,5,8-9,12-16,19-23,26-30H2,1-2H3,(H,57,66)(H,58,70)(H,59,67)/t33-,42+,55+/m1/s1. The molecule has 4 aromatic rings. The van der Waals surface area contributed by atoms with Gasteiger partial charge in [0, 0.05) is 79.3 Å². The van der Waals surface area contributed by atoms with Crippen LogP contribution in [-0.4, -0.2) is 105 Å². The van der Waals surface area contributed by atoms with E-state index in [1.165, 1.54) is 22.8 Å². The number of hydrogen-bond donors (Lipinski definition) is 4. The number of unbranched alkanes of at least 4 members (excludes halogenated alkanes) is 2. The summed E-state index contributed by atoms with van der Waals surface area (Å²) in [4.78, 5) is 134. The van der Waals surface area contributed by atoms with Gasteiger partial charge in [0.05, 0.1) is 54.8 Å². The third-order valence-electron chi connectivity index (χ3n) is 14.5. The second-order valence-corrected chi connectivity index (χ2v) is 19.4. The van der Waals surface area contributed by atoms with Crippen molar-refractivity contribution in [3.05, 3.63) is 110 Å². The number of halogens is 1. The number of esters is 1. The molecule has 0 saturated carbocycles. The van der Waals surface area contributed by atoms with Crippen molar-refractivity contribution in [1.29, 1.82) is 0 Å². The van der Waals surface area contributed by atoms with E-state index in [9.17, 15) is 53.1 Å². The number of pyridine rings is 2. The van der Waals surface area contributed by atoms with E-state index in [1.54, 1.807) is 44.2 Å². The highest BCUT2D eigenvalue weighted by molar-refractivity contribution is 6.12. The molecule has 0 radical (unpaired) electrons. The Hall–Kier alpha value is -7.58. The maximum absolute atomic E-state index is 15.4. The fourth-order valence-corrected chi connectivity index (χ4v) is 10.3. The van der Waals surface area contributed by atoms with Gasteiger partial charge in [0.2, 0.25) is 17.7 Å². The van der Waals surface area contributed by atoms with E-state index in [0.29, 0.717) is 71.1 Å². The fraction of sp³-hybridized carbons (Fsp3) is 0.436. The number of aryl methyl sites for hydroxylation is 1. The quantitative estimate of drug-likeness (QED) is 0.0371. The molecule has 2 aromatic carbocycles. The normalized spacial score (nSPS) is 17.5. The van der Waals surface area contributed by atoms with Gasteiger partial charge in [0.15, 0.2) is 17.2 Å². The predicted molar refractivity (Wildman–Crippen MR) is 267 cm³/mol. The Balaban J connectivity index is 0.805. The van der Waals surface area contributed by atoms with Crippen LogP contribution in [0.15, 0.2) is 59.4 Å². The molecule has 20 heteroatoms. The number of ketones is 3. The number of carbonyl (C=O) groups excluding carboxylic acids is 9. The molecule has 0 spiro atoms. The van der Waals surface area contributed by atoms with Crippen LogP contribution in [0.1, 0.15) is 116 Å². The molecule has 0 saturated heterocycles. The summed E-state index contributed by atoms with van der Waals surface area (Å²) in [5.41, 5.74) is 2.08. The van der Waals surface area contributed by atoms with E-state index in [-0.39, 0.29) is 113 Å². The van der Waals surface area contributed by atoms with E-state index >= 15 is 4.39 Å². The smallest absolute Gasteiger partial charge is 0.343 e. The summed E-state index contributed by atoms with van der Waals surface area (Å²) in [6, 6.07) is 11.3. The molecule has 3 atom stereocenters. The maximum atomic E-state index is 15.4. The number of benzene rings is 2. The van der Waals surface area contributed by atoms with Gasteiger partial charge < -0.3 is 35.1 Å². The molecule has 8 rings (SSSR count). The number of ether oxygens (including phenoxy) is 2. The van der Waals surface area contributed by atoms with Gasteiger partial charge >= 0.3 is 5.97 Å². The van der Waals surface area contributed by atoms with Crippen molar-refractivity contribution in [2.45, 2.75) is 116 Å². The molecule has 3 aliphatic heterocycles. The van der Waals surface area contributed by atoms with E-state index in [0.717, 1.165) is 16.0 Å². The number of aliphatic hydroxyl groups is 1. The minimum absolute atomic E-state index is 0.0194. The number of carbonyl (C=O) groups is 9. The topological polar surface area (TPSA) is 267 Å². The molecule has 394 valence electrons. The number of aromatic nitrogens is 2. The third-order valence-corrected chi connectivity index (χ3v) is 14.5. The zero-order valence-electron chi connectivity index (χ0n) is 41.9. The Morgan fingerprint density at radius 2 is 1.63 bits per heavy atom. The lowest BCUT2D eigenvalue weighted by molar-refractivity contribution is -0.172. The molecule has 0 unspecified atom stereocenters. The molecule has 19 nitrogen and oxygen atoms in total. The zero-order chi connectivity index (χ0) is 53.6. The summed E-state index contributed by atoms with van der Waals surface area (Å²) in [6.45, 7) is 2.03. The summed E-state index contributed by atoms with van der Waals surface area (Å²) in [5.74, 6) is -5.38. The summed E-state index contributed by atoms with van der Waals surface area (Å²) in [7, 11) is 0. The highest BCUT2D eigenvalue weighted by Gasteiger charge is 2.46. The lowest BCUT2D eigenvalue weighted by atomic mass is 9.81. The number of nitrogens with one attached hydrogen (secondary N) is 3. The summed E-state index contributed by atoms with van der Waals surface area (Å²) in [6.07, 6.45) is 4.82. The SMILES string of the molecule is CC[C@@]1(O)C(=O)OCc2c1cc1n(c2=O)Cc2c-1nc1cc(F)c(C)c3c1c2[C@@H](NC(=O)COCCC(=O)CNC(=O)[C@@H](CC(=O)CNC(=O)CCC(=O)CCCCCN1C(=O)C=CC1=O)Cc1ccccc1)CC3. The lowest BCUT2D eigenvalue weighted by Crippen LogP contribution is -2.44. The number of rotatable bonds is 25. The lowest BCUT2D eigenvalue weighted by Gasteiger charge is -2.31.